The summed E-state index contributed by atoms with van der Waals surface area (Å²) in [6.07, 6.45) is 1.90. The lowest BCUT2D eigenvalue weighted by atomic mass is 10.1. The zero-order valence-corrected chi connectivity index (χ0v) is 16.2. The molecule has 0 aliphatic carbocycles. The van der Waals surface area contributed by atoms with Gasteiger partial charge in [-0.25, -0.2) is 4.90 Å². The van der Waals surface area contributed by atoms with Crippen LogP contribution < -0.4 is 4.90 Å². The van der Waals surface area contributed by atoms with Crippen molar-refractivity contribution in [1.29, 1.82) is 0 Å². The van der Waals surface area contributed by atoms with Crippen LogP contribution in [0.25, 0.3) is 0 Å². The van der Waals surface area contributed by atoms with Crippen molar-refractivity contribution in [3.63, 3.8) is 0 Å². The fourth-order valence-corrected chi connectivity index (χ4v) is 3.99. The van der Waals surface area contributed by atoms with Crippen molar-refractivity contribution >= 4 is 23.4 Å². The van der Waals surface area contributed by atoms with E-state index < -0.39 is 6.04 Å². The minimum absolute atomic E-state index is 0.000970. The molecule has 2 aromatic rings. The second-order valence-electron chi connectivity index (χ2n) is 7.47. The molecule has 3 amide bonds. The molecule has 150 valence electrons. The van der Waals surface area contributed by atoms with Crippen LogP contribution in [0.1, 0.15) is 24.8 Å². The lowest BCUT2D eigenvalue weighted by Crippen LogP contribution is -2.49. The predicted octanol–water partition coefficient (Wildman–Crippen LogP) is 2.57. The van der Waals surface area contributed by atoms with Crippen molar-refractivity contribution in [3.8, 4) is 0 Å². The molecule has 0 radical (unpaired) electrons. The van der Waals surface area contributed by atoms with Crippen molar-refractivity contribution in [2.75, 3.05) is 18.1 Å². The smallest absolute Gasteiger partial charge is 0.257 e. The molecular weight excluding hydrogens is 368 g/mol. The SMILES string of the molecule is O=C1CC(N(CC2CCCO2)C(=O)Cc2ccccc2)C(=O)N1c1ccccc1. The highest BCUT2D eigenvalue weighted by molar-refractivity contribution is 6.23. The number of ether oxygens (including phenoxy) is 1. The number of benzene rings is 2. The molecule has 4 rings (SSSR count). The number of para-hydroxylation sites is 1. The molecule has 2 atom stereocenters. The molecule has 2 aliphatic rings. The molecule has 2 saturated heterocycles. The highest BCUT2D eigenvalue weighted by atomic mass is 16.5. The molecule has 6 nitrogen and oxygen atoms in total. The summed E-state index contributed by atoms with van der Waals surface area (Å²) in [5, 5.41) is 0. The predicted molar refractivity (Wildman–Crippen MR) is 108 cm³/mol. The van der Waals surface area contributed by atoms with E-state index in [1.54, 1.807) is 29.2 Å². The molecule has 0 spiro atoms. The average Bonchev–Trinajstić information content (AvgIpc) is 3.35. The number of rotatable bonds is 6. The van der Waals surface area contributed by atoms with Crippen LogP contribution in [0, 0.1) is 0 Å². The van der Waals surface area contributed by atoms with Crippen LogP contribution in [0.15, 0.2) is 60.7 Å². The number of nitrogens with zero attached hydrogens (tertiary/aromatic N) is 2. The number of hydrogen-bond acceptors (Lipinski definition) is 4. The van der Waals surface area contributed by atoms with Crippen molar-refractivity contribution in [1.82, 2.24) is 4.90 Å². The minimum Gasteiger partial charge on any atom is -0.376 e. The van der Waals surface area contributed by atoms with E-state index in [9.17, 15) is 14.4 Å². The Morgan fingerprint density at radius 1 is 1.03 bits per heavy atom. The van der Waals surface area contributed by atoms with Crippen LogP contribution in [-0.4, -0.2) is 47.9 Å². The van der Waals surface area contributed by atoms with Gasteiger partial charge in [0.1, 0.15) is 6.04 Å². The summed E-state index contributed by atoms with van der Waals surface area (Å²) in [5.74, 6) is -0.788. The lowest BCUT2D eigenvalue weighted by Gasteiger charge is -2.30. The van der Waals surface area contributed by atoms with Gasteiger partial charge >= 0.3 is 0 Å². The van der Waals surface area contributed by atoms with Gasteiger partial charge in [0.05, 0.1) is 24.6 Å². The fourth-order valence-electron chi connectivity index (χ4n) is 3.99. The highest BCUT2D eigenvalue weighted by Gasteiger charge is 2.45. The Morgan fingerprint density at radius 3 is 2.38 bits per heavy atom. The standard InChI is InChI=1S/C23H24N2O4/c26-21(14-17-8-3-1-4-9-17)24(16-19-12-7-13-29-19)20-15-22(27)25(23(20)28)18-10-5-2-6-11-18/h1-6,8-11,19-20H,7,12-16H2. The van der Waals surface area contributed by atoms with Crippen LogP contribution in [0.5, 0.6) is 0 Å². The number of carbonyl (C=O) groups is 3. The molecule has 2 unspecified atom stereocenters. The van der Waals surface area contributed by atoms with Gasteiger partial charge in [0.15, 0.2) is 0 Å². The van der Waals surface area contributed by atoms with Crippen LogP contribution in [0.3, 0.4) is 0 Å². The summed E-state index contributed by atoms with van der Waals surface area (Å²) in [4.78, 5) is 41.7. The summed E-state index contributed by atoms with van der Waals surface area (Å²) in [6, 6.07) is 17.5. The molecule has 0 aromatic heterocycles. The number of amides is 3. The van der Waals surface area contributed by atoms with Gasteiger partial charge in [0, 0.05) is 13.2 Å². The highest BCUT2D eigenvalue weighted by Crippen LogP contribution is 2.27. The minimum atomic E-state index is -0.789. The maximum Gasteiger partial charge on any atom is 0.257 e. The van der Waals surface area contributed by atoms with Gasteiger partial charge in [-0.2, -0.15) is 0 Å². The molecule has 2 heterocycles. The molecule has 0 N–H and O–H groups in total. The molecule has 0 bridgehead atoms. The number of imide groups is 1. The van der Waals surface area contributed by atoms with Crippen molar-refractivity contribution in [3.05, 3.63) is 66.2 Å². The third-order valence-corrected chi connectivity index (χ3v) is 5.46. The van der Waals surface area contributed by atoms with Crippen molar-refractivity contribution in [2.24, 2.45) is 0 Å². The Labute approximate surface area is 170 Å². The summed E-state index contributed by atoms with van der Waals surface area (Å²) in [6.45, 7) is 0.997. The van der Waals surface area contributed by atoms with Crippen LogP contribution in [0.4, 0.5) is 5.69 Å². The van der Waals surface area contributed by atoms with E-state index in [0.29, 0.717) is 18.8 Å². The van der Waals surface area contributed by atoms with Gasteiger partial charge in [-0.3, -0.25) is 14.4 Å². The first kappa shape index (κ1) is 19.3. The Morgan fingerprint density at radius 2 is 1.72 bits per heavy atom. The fraction of sp³-hybridized carbons (Fsp3) is 0.348. The largest absolute Gasteiger partial charge is 0.376 e. The zero-order valence-electron chi connectivity index (χ0n) is 16.2. The quantitative estimate of drug-likeness (QED) is 0.709. The van der Waals surface area contributed by atoms with E-state index >= 15 is 0 Å². The van der Waals surface area contributed by atoms with Gasteiger partial charge in [-0.05, 0) is 30.5 Å². The third-order valence-electron chi connectivity index (χ3n) is 5.46. The summed E-state index contributed by atoms with van der Waals surface area (Å²) < 4.78 is 5.71. The first-order valence-electron chi connectivity index (χ1n) is 10.0. The summed E-state index contributed by atoms with van der Waals surface area (Å²) >= 11 is 0. The van der Waals surface area contributed by atoms with Crippen molar-refractivity contribution < 1.29 is 19.1 Å². The van der Waals surface area contributed by atoms with E-state index in [2.05, 4.69) is 0 Å². The van der Waals surface area contributed by atoms with Crippen LogP contribution in [-0.2, 0) is 25.5 Å². The van der Waals surface area contributed by atoms with Gasteiger partial charge < -0.3 is 9.64 Å². The molecular formula is C23H24N2O4. The lowest BCUT2D eigenvalue weighted by molar-refractivity contribution is -0.139. The van der Waals surface area contributed by atoms with E-state index in [0.717, 1.165) is 18.4 Å². The maximum atomic E-state index is 13.2. The van der Waals surface area contributed by atoms with Crippen LogP contribution in [0.2, 0.25) is 0 Å². The molecule has 2 fully saturated rings. The second kappa shape index (κ2) is 8.57. The normalized spacial score (nSPS) is 21.6. The number of anilines is 1. The maximum absolute atomic E-state index is 13.2. The third kappa shape index (κ3) is 4.22. The van der Waals surface area contributed by atoms with E-state index in [-0.39, 0.29) is 36.7 Å². The summed E-state index contributed by atoms with van der Waals surface area (Å²) in [5.41, 5.74) is 1.42. The Kier molecular flexibility index (Phi) is 5.71. The van der Waals surface area contributed by atoms with E-state index in [1.165, 1.54) is 4.90 Å². The molecule has 0 saturated carbocycles. The topological polar surface area (TPSA) is 66.9 Å². The molecule has 29 heavy (non-hydrogen) atoms. The zero-order chi connectivity index (χ0) is 20.2. The Balaban J connectivity index is 1.57. The van der Waals surface area contributed by atoms with Gasteiger partial charge in [0.2, 0.25) is 11.8 Å². The first-order valence-corrected chi connectivity index (χ1v) is 10.0. The monoisotopic (exact) mass is 392 g/mol. The Hall–Kier alpha value is -2.99. The van der Waals surface area contributed by atoms with Crippen molar-refractivity contribution in [2.45, 2.75) is 37.8 Å². The molecule has 2 aliphatic heterocycles. The molecule has 2 aromatic carbocycles. The van der Waals surface area contributed by atoms with E-state index in [1.807, 2.05) is 36.4 Å². The van der Waals surface area contributed by atoms with Crippen LogP contribution >= 0.6 is 0 Å². The van der Waals surface area contributed by atoms with Gasteiger partial charge in [-0.1, -0.05) is 48.5 Å². The van der Waals surface area contributed by atoms with Gasteiger partial charge in [0.25, 0.3) is 5.91 Å². The number of hydrogen-bond donors (Lipinski definition) is 0. The van der Waals surface area contributed by atoms with E-state index in [4.69, 9.17) is 4.74 Å². The van der Waals surface area contributed by atoms with Gasteiger partial charge in [-0.15, -0.1) is 0 Å². The molecule has 6 heteroatoms. The first-order chi connectivity index (χ1) is 14.1. The Bertz CT molecular complexity index is 878. The second-order valence-corrected chi connectivity index (χ2v) is 7.47. The average molecular weight is 392 g/mol. The summed E-state index contributed by atoms with van der Waals surface area (Å²) in [7, 11) is 0. The number of carbonyl (C=O) groups excluding carboxylic acids is 3.